The Kier molecular flexibility index (Phi) is 6.13. The van der Waals surface area contributed by atoms with Gasteiger partial charge in [-0.1, -0.05) is 23.2 Å². The number of carbonyl (C=O) groups is 1. The second-order valence-corrected chi connectivity index (χ2v) is 5.83. The van der Waals surface area contributed by atoms with Crippen molar-refractivity contribution in [2.24, 2.45) is 0 Å². The summed E-state index contributed by atoms with van der Waals surface area (Å²) < 4.78 is 10.7. The number of amides is 1. The molecule has 2 rings (SSSR count). The van der Waals surface area contributed by atoms with Gasteiger partial charge in [0.2, 0.25) is 0 Å². The SMILES string of the molecule is COc1ccc(C(=O)N[C@@H](C)COc2ccc(Cl)cc2)cc1Cl. The maximum absolute atomic E-state index is 12.2. The minimum atomic E-state index is -0.221. The summed E-state index contributed by atoms with van der Waals surface area (Å²) in [5.41, 5.74) is 0.467. The van der Waals surface area contributed by atoms with Gasteiger partial charge in [-0.05, 0) is 49.4 Å². The van der Waals surface area contributed by atoms with Crippen molar-refractivity contribution in [3.63, 3.8) is 0 Å². The van der Waals surface area contributed by atoms with E-state index in [2.05, 4.69) is 5.32 Å². The summed E-state index contributed by atoms with van der Waals surface area (Å²) in [5.74, 6) is 1.01. The Morgan fingerprint density at radius 2 is 1.87 bits per heavy atom. The molecule has 1 atom stereocenters. The molecule has 0 aliphatic heterocycles. The normalized spacial score (nSPS) is 11.7. The molecule has 2 aromatic rings. The van der Waals surface area contributed by atoms with Crippen molar-refractivity contribution in [3.05, 3.63) is 58.1 Å². The molecule has 1 amide bonds. The number of benzene rings is 2. The Balaban J connectivity index is 1.89. The minimum Gasteiger partial charge on any atom is -0.495 e. The molecule has 4 nitrogen and oxygen atoms in total. The molecule has 0 bridgehead atoms. The molecule has 122 valence electrons. The fourth-order valence-corrected chi connectivity index (χ4v) is 2.29. The number of ether oxygens (including phenoxy) is 2. The second kappa shape index (κ2) is 8.09. The van der Waals surface area contributed by atoms with Crippen LogP contribution in [0.4, 0.5) is 0 Å². The van der Waals surface area contributed by atoms with Crippen LogP contribution in [-0.4, -0.2) is 25.7 Å². The Morgan fingerprint density at radius 1 is 1.17 bits per heavy atom. The van der Waals surface area contributed by atoms with Crippen LogP contribution in [0.15, 0.2) is 42.5 Å². The fourth-order valence-electron chi connectivity index (χ4n) is 1.91. The van der Waals surface area contributed by atoms with E-state index in [1.54, 1.807) is 42.5 Å². The summed E-state index contributed by atoms with van der Waals surface area (Å²) in [6.07, 6.45) is 0. The van der Waals surface area contributed by atoms with Crippen LogP contribution in [0.5, 0.6) is 11.5 Å². The predicted octanol–water partition coefficient (Wildman–Crippen LogP) is 4.20. The summed E-state index contributed by atoms with van der Waals surface area (Å²) in [5, 5.41) is 3.89. The smallest absolute Gasteiger partial charge is 0.251 e. The Morgan fingerprint density at radius 3 is 2.48 bits per heavy atom. The zero-order valence-corrected chi connectivity index (χ0v) is 14.3. The molecule has 0 fully saturated rings. The van der Waals surface area contributed by atoms with Crippen LogP contribution in [0.1, 0.15) is 17.3 Å². The van der Waals surface area contributed by atoms with E-state index >= 15 is 0 Å². The Labute approximate surface area is 145 Å². The molecule has 0 saturated heterocycles. The first-order valence-electron chi connectivity index (χ1n) is 7.02. The first-order chi connectivity index (χ1) is 11.0. The molecule has 0 radical (unpaired) electrons. The highest BCUT2D eigenvalue weighted by Gasteiger charge is 2.12. The van der Waals surface area contributed by atoms with E-state index in [4.69, 9.17) is 32.7 Å². The summed E-state index contributed by atoms with van der Waals surface area (Å²) in [6, 6.07) is 11.8. The van der Waals surface area contributed by atoms with Gasteiger partial charge in [0, 0.05) is 10.6 Å². The largest absolute Gasteiger partial charge is 0.495 e. The van der Waals surface area contributed by atoms with Crippen molar-refractivity contribution in [2.75, 3.05) is 13.7 Å². The Bertz CT molecular complexity index is 674. The van der Waals surface area contributed by atoms with Gasteiger partial charge in [0.25, 0.3) is 5.91 Å². The number of hydrogen-bond donors (Lipinski definition) is 1. The lowest BCUT2D eigenvalue weighted by Gasteiger charge is -2.15. The summed E-state index contributed by atoms with van der Waals surface area (Å²) in [4.78, 5) is 12.2. The van der Waals surface area contributed by atoms with Gasteiger partial charge in [-0.2, -0.15) is 0 Å². The number of carbonyl (C=O) groups excluding carboxylic acids is 1. The summed E-state index contributed by atoms with van der Waals surface area (Å²) in [6.45, 7) is 2.20. The molecule has 1 N–H and O–H groups in total. The average Bonchev–Trinajstić information content (AvgIpc) is 2.54. The quantitative estimate of drug-likeness (QED) is 0.846. The van der Waals surface area contributed by atoms with Crippen molar-refractivity contribution >= 4 is 29.1 Å². The van der Waals surface area contributed by atoms with E-state index in [1.807, 2.05) is 6.92 Å². The minimum absolute atomic E-state index is 0.168. The van der Waals surface area contributed by atoms with Crippen LogP contribution in [0.25, 0.3) is 0 Å². The molecular formula is C17H17Cl2NO3. The third-order valence-corrected chi connectivity index (χ3v) is 3.65. The van der Waals surface area contributed by atoms with E-state index < -0.39 is 0 Å². The predicted molar refractivity (Wildman–Crippen MR) is 91.9 cm³/mol. The van der Waals surface area contributed by atoms with Gasteiger partial charge in [-0.15, -0.1) is 0 Å². The molecule has 0 spiro atoms. The van der Waals surface area contributed by atoms with Gasteiger partial charge < -0.3 is 14.8 Å². The molecule has 0 saturated carbocycles. The molecule has 0 unspecified atom stereocenters. The summed E-state index contributed by atoms with van der Waals surface area (Å²) >= 11 is 11.8. The number of halogens is 2. The standard InChI is InChI=1S/C17H17Cl2NO3/c1-11(10-23-14-6-4-13(18)5-7-14)20-17(21)12-3-8-16(22-2)15(19)9-12/h3-9,11H,10H2,1-2H3,(H,20,21)/t11-/m0/s1. The first kappa shape index (κ1) is 17.4. The van der Waals surface area contributed by atoms with Crippen LogP contribution in [0, 0.1) is 0 Å². The molecule has 0 aromatic heterocycles. The van der Waals surface area contributed by atoms with Gasteiger partial charge in [0.15, 0.2) is 0 Å². The highest BCUT2D eigenvalue weighted by atomic mass is 35.5. The molecule has 6 heteroatoms. The fraction of sp³-hybridized carbons (Fsp3) is 0.235. The van der Waals surface area contributed by atoms with Crippen LogP contribution in [0.2, 0.25) is 10.0 Å². The molecule has 2 aromatic carbocycles. The molecule has 0 aliphatic carbocycles. The zero-order chi connectivity index (χ0) is 16.8. The highest BCUT2D eigenvalue weighted by Crippen LogP contribution is 2.24. The highest BCUT2D eigenvalue weighted by molar-refractivity contribution is 6.32. The van der Waals surface area contributed by atoms with Crippen LogP contribution in [0.3, 0.4) is 0 Å². The van der Waals surface area contributed by atoms with Crippen molar-refractivity contribution in [1.82, 2.24) is 5.32 Å². The van der Waals surface area contributed by atoms with Crippen LogP contribution < -0.4 is 14.8 Å². The van der Waals surface area contributed by atoms with Gasteiger partial charge in [-0.25, -0.2) is 0 Å². The van der Waals surface area contributed by atoms with E-state index in [9.17, 15) is 4.79 Å². The van der Waals surface area contributed by atoms with Gasteiger partial charge >= 0.3 is 0 Å². The second-order valence-electron chi connectivity index (χ2n) is 4.99. The maximum atomic E-state index is 12.2. The van der Waals surface area contributed by atoms with Gasteiger partial charge in [0.05, 0.1) is 18.2 Å². The number of rotatable bonds is 6. The molecule has 0 heterocycles. The number of hydrogen-bond acceptors (Lipinski definition) is 3. The average molecular weight is 354 g/mol. The molecular weight excluding hydrogens is 337 g/mol. The lowest BCUT2D eigenvalue weighted by molar-refractivity contribution is 0.0926. The number of nitrogens with one attached hydrogen (secondary N) is 1. The van der Waals surface area contributed by atoms with Crippen molar-refractivity contribution in [1.29, 1.82) is 0 Å². The van der Waals surface area contributed by atoms with Crippen molar-refractivity contribution < 1.29 is 14.3 Å². The van der Waals surface area contributed by atoms with E-state index in [0.717, 1.165) is 0 Å². The molecule has 0 aliphatic rings. The number of methoxy groups -OCH3 is 1. The summed E-state index contributed by atoms with van der Waals surface area (Å²) in [7, 11) is 1.52. The third kappa shape index (κ3) is 5.05. The van der Waals surface area contributed by atoms with Crippen molar-refractivity contribution in [2.45, 2.75) is 13.0 Å². The monoisotopic (exact) mass is 353 g/mol. The first-order valence-corrected chi connectivity index (χ1v) is 7.78. The topological polar surface area (TPSA) is 47.6 Å². The van der Waals surface area contributed by atoms with Crippen LogP contribution in [-0.2, 0) is 0 Å². The lowest BCUT2D eigenvalue weighted by atomic mass is 10.2. The maximum Gasteiger partial charge on any atom is 0.251 e. The van der Waals surface area contributed by atoms with Gasteiger partial charge in [-0.3, -0.25) is 4.79 Å². The van der Waals surface area contributed by atoms with Crippen molar-refractivity contribution in [3.8, 4) is 11.5 Å². The Hall–Kier alpha value is -1.91. The molecule has 23 heavy (non-hydrogen) atoms. The van der Waals surface area contributed by atoms with E-state index in [1.165, 1.54) is 7.11 Å². The van der Waals surface area contributed by atoms with Crippen LogP contribution >= 0.6 is 23.2 Å². The van der Waals surface area contributed by atoms with E-state index in [0.29, 0.717) is 33.7 Å². The third-order valence-electron chi connectivity index (χ3n) is 3.11. The lowest BCUT2D eigenvalue weighted by Crippen LogP contribution is -2.36. The zero-order valence-electron chi connectivity index (χ0n) is 12.8. The van der Waals surface area contributed by atoms with Gasteiger partial charge in [0.1, 0.15) is 18.1 Å². The van der Waals surface area contributed by atoms with E-state index in [-0.39, 0.29) is 11.9 Å².